The average molecular weight is 229 g/mol. The molecule has 2 aromatic rings. The lowest BCUT2D eigenvalue weighted by molar-refractivity contribution is 0.466. The fourth-order valence-electron chi connectivity index (χ4n) is 0.995. The maximum absolute atomic E-state index is 5.91. The molecule has 0 saturated carbocycles. The summed E-state index contributed by atoms with van der Waals surface area (Å²) in [4.78, 5) is 0. The molecule has 4 heteroatoms. The third-order valence-electron chi connectivity index (χ3n) is 1.62. The van der Waals surface area contributed by atoms with Crippen LogP contribution in [-0.4, -0.2) is 0 Å². The van der Waals surface area contributed by atoms with Crippen molar-refractivity contribution in [3.05, 3.63) is 46.8 Å². The highest BCUT2D eigenvalue weighted by atomic mass is 35.5. The molecule has 2 nitrogen and oxygen atoms in total. The third-order valence-corrected chi connectivity index (χ3v) is 2.15. The number of hydrogen-bond acceptors (Lipinski definition) is 2. The number of furan rings is 1. The van der Waals surface area contributed by atoms with Crippen molar-refractivity contribution in [3.63, 3.8) is 0 Å². The molecule has 72 valence electrons. The molecule has 0 radical (unpaired) electrons. The van der Waals surface area contributed by atoms with Crippen LogP contribution < -0.4 is 4.74 Å². The van der Waals surface area contributed by atoms with E-state index in [1.807, 2.05) is 0 Å². The lowest BCUT2D eigenvalue weighted by atomic mass is 10.3. The van der Waals surface area contributed by atoms with E-state index in [0.29, 0.717) is 21.5 Å². The van der Waals surface area contributed by atoms with E-state index in [0.717, 1.165) is 0 Å². The molecule has 1 aromatic carbocycles. The Morgan fingerprint density at radius 3 is 2.64 bits per heavy atom. The van der Waals surface area contributed by atoms with Crippen LogP contribution in [-0.2, 0) is 0 Å². The monoisotopic (exact) mass is 228 g/mol. The van der Waals surface area contributed by atoms with Crippen molar-refractivity contribution >= 4 is 23.2 Å². The number of halogens is 2. The van der Waals surface area contributed by atoms with Crippen LogP contribution in [0.2, 0.25) is 10.0 Å². The molecular weight excluding hydrogens is 223 g/mol. The minimum Gasteiger partial charge on any atom is -0.469 e. The first-order valence-electron chi connectivity index (χ1n) is 3.91. The molecule has 0 spiro atoms. The van der Waals surface area contributed by atoms with Crippen molar-refractivity contribution < 1.29 is 9.15 Å². The molecule has 0 N–H and O–H groups in total. The van der Waals surface area contributed by atoms with Crippen LogP contribution in [0.3, 0.4) is 0 Å². The van der Waals surface area contributed by atoms with Crippen molar-refractivity contribution in [1.29, 1.82) is 0 Å². The second-order valence-electron chi connectivity index (χ2n) is 2.64. The van der Waals surface area contributed by atoms with Crippen molar-refractivity contribution in [3.8, 4) is 11.5 Å². The summed E-state index contributed by atoms with van der Waals surface area (Å²) in [7, 11) is 0. The van der Waals surface area contributed by atoms with Gasteiger partial charge in [-0.1, -0.05) is 23.2 Å². The van der Waals surface area contributed by atoms with Gasteiger partial charge in [0.05, 0.1) is 11.3 Å². The fourth-order valence-corrected chi connectivity index (χ4v) is 1.44. The van der Waals surface area contributed by atoms with Gasteiger partial charge >= 0.3 is 0 Å². The SMILES string of the molecule is Clc1ccc(Oc2ccoc2)c(Cl)c1. The van der Waals surface area contributed by atoms with Gasteiger partial charge in [0.25, 0.3) is 0 Å². The van der Waals surface area contributed by atoms with Gasteiger partial charge in [-0.2, -0.15) is 0 Å². The van der Waals surface area contributed by atoms with Gasteiger partial charge in [0.2, 0.25) is 0 Å². The van der Waals surface area contributed by atoms with Gasteiger partial charge in [-0.05, 0) is 18.2 Å². The zero-order valence-corrected chi connectivity index (χ0v) is 8.55. The van der Waals surface area contributed by atoms with Crippen LogP contribution in [0.15, 0.2) is 41.2 Å². The minimum atomic E-state index is 0.471. The molecule has 0 fully saturated rings. The maximum atomic E-state index is 5.91. The van der Waals surface area contributed by atoms with E-state index in [1.165, 1.54) is 12.5 Å². The summed E-state index contributed by atoms with van der Waals surface area (Å²) in [6.07, 6.45) is 3.02. The number of benzene rings is 1. The predicted octanol–water partition coefficient (Wildman–Crippen LogP) is 4.38. The third kappa shape index (κ3) is 2.03. The first-order chi connectivity index (χ1) is 6.75. The van der Waals surface area contributed by atoms with E-state index >= 15 is 0 Å². The number of ether oxygens (including phenoxy) is 1. The molecule has 1 heterocycles. The molecule has 0 saturated heterocycles. The van der Waals surface area contributed by atoms with E-state index in [2.05, 4.69) is 0 Å². The largest absolute Gasteiger partial charge is 0.469 e. The maximum Gasteiger partial charge on any atom is 0.165 e. The molecule has 0 bridgehead atoms. The Labute approximate surface area is 91.0 Å². The van der Waals surface area contributed by atoms with E-state index in [9.17, 15) is 0 Å². The van der Waals surface area contributed by atoms with Crippen LogP contribution >= 0.6 is 23.2 Å². The Bertz CT molecular complexity index is 424. The van der Waals surface area contributed by atoms with Crippen molar-refractivity contribution in [2.45, 2.75) is 0 Å². The molecule has 0 amide bonds. The van der Waals surface area contributed by atoms with E-state index < -0.39 is 0 Å². The molecule has 2 rings (SSSR count). The fraction of sp³-hybridized carbons (Fsp3) is 0. The zero-order valence-electron chi connectivity index (χ0n) is 7.04. The van der Waals surface area contributed by atoms with Gasteiger partial charge in [-0.25, -0.2) is 0 Å². The Morgan fingerprint density at radius 2 is 2.00 bits per heavy atom. The van der Waals surface area contributed by atoms with Gasteiger partial charge in [-0.3, -0.25) is 0 Å². The van der Waals surface area contributed by atoms with E-state index in [1.54, 1.807) is 24.3 Å². The van der Waals surface area contributed by atoms with Gasteiger partial charge in [0.15, 0.2) is 5.75 Å². The van der Waals surface area contributed by atoms with Gasteiger partial charge in [0.1, 0.15) is 12.0 Å². The molecule has 1 aromatic heterocycles. The second kappa shape index (κ2) is 3.95. The summed E-state index contributed by atoms with van der Waals surface area (Å²) in [5, 5.41) is 1.05. The smallest absolute Gasteiger partial charge is 0.165 e. The zero-order chi connectivity index (χ0) is 9.97. The quantitative estimate of drug-likeness (QED) is 0.762. The molecule has 0 aliphatic rings. The average Bonchev–Trinajstić information content (AvgIpc) is 2.62. The highest BCUT2D eigenvalue weighted by molar-refractivity contribution is 6.35. The van der Waals surface area contributed by atoms with Crippen LogP contribution in [0.4, 0.5) is 0 Å². The molecule has 14 heavy (non-hydrogen) atoms. The highest BCUT2D eigenvalue weighted by Gasteiger charge is 2.04. The van der Waals surface area contributed by atoms with Gasteiger partial charge < -0.3 is 9.15 Å². The Kier molecular flexibility index (Phi) is 2.66. The number of hydrogen-bond donors (Lipinski definition) is 0. The normalized spacial score (nSPS) is 10.1. The van der Waals surface area contributed by atoms with Crippen LogP contribution in [0, 0.1) is 0 Å². The van der Waals surface area contributed by atoms with Crippen molar-refractivity contribution in [2.24, 2.45) is 0 Å². The molecular formula is C10H6Cl2O2. The summed E-state index contributed by atoms with van der Waals surface area (Å²) in [6.45, 7) is 0. The van der Waals surface area contributed by atoms with Crippen LogP contribution in [0.1, 0.15) is 0 Å². The van der Waals surface area contributed by atoms with E-state index in [4.69, 9.17) is 32.4 Å². The van der Waals surface area contributed by atoms with Gasteiger partial charge in [-0.15, -0.1) is 0 Å². The molecule has 0 aliphatic carbocycles. The lowest BCUT2D eigenvalue weighted by Gasteiger charge is -2.04. The Morgan fingerprint density at radius 1 is 1.14 bits per heavy atom. The second-order valence-corrected chi connectivity index (χ2v) is 3.48. The standard InChI is InChI=1S/C10H6Cl2O2/c11-7-1-2-10(9(12)5-7)14-8-3-4-13-6-8/h1-6H. The van der Waals surface area contributed by atoms with Crippen LogP contribution in [0.25, 0.3) is 0 Å². The summed E-state index contributed by atoms with van der Waals surface area (Å²) in [5.74, 6) is 1.16. The van der Waals surface area contributed by atoms with Crippen LogP contribution in [0.5, 0.6) is 11.5 Å². The summed E-state index contributed by atoms with van der Waals surface area (Å²) >= 11 is 11.6. The number of rotatable bonds is 2. The summed E-state index contributed by atoms with van der Waals surface area (Å²) < 4.78 is 10.3. The Balaban J connectivity index is 2.25. The van der Waals surface area contributed by atoms with Gasteiger partial charge in [0, 0.05) is 11.1 Å². The minimum absolute atomic E-state index is 0.471. The topological polar surface area (TPSA) is 22.4 Å². The first-order valence-corrected chi connectivity index (χ1v) is 4.66. The Hall–Kier alpha value is -1.12. The summed E-state index contributed by atoms with van der Waals surface area (Å²) in [6, 6.07) is 6.74. The molecule has 0 unspecified atom stereocenters. The molecule has 0 aliphatic heterocycles. The predicted molar refractivity (Wildman–Crippen MR) is 55.2 cm³/mol. The highest BCUT2D eigenvalue weighted by Crippen LogP contribution is 2.31. The van der Waals surface area contributed by atoms with E-state index in [-0.39, 0.29) is 0 Å². The lowest BCUT2D eigenvalue weighted by Crippen LogP contribution is -1.82. The molecule has 0 atom stereocenters. The summed E-state index contributed by atoms with van der Waals surface area (Å²) in [5.41, 5.74) is 0. The van der Waals surface area contributed by atoms with Crippen molar-refractivity contribution in [1.82, 2.24) is 0 Å². The first kappa shape index (κ1) is 9.44. The van der Waals surface area contributed by atoms with Crippen molar-refractivity contribution in [2.75, 3.05) is 0 Å².